The lowest BCUT2D eigenvalue weighted by Gasteiger charge is -2.44. The fourth-order valence-electron chi connectivity index (χ4n) is 3.94. The van der Waals surface area contributed by atoms with Gasteiger partial charge in [0, 0.05) is 19.1 Å². The molecule has 0 aromatic heterocycles. The minimum atomic E-state index is -0.151. The lowest BCUT2D eigenvalue weighted by molar-refractivity contribution is 0.0645. The quantitative estimate of drug-likeness (QED) is 0.897. The van der Waals surface area contributed by atoms with Crippen molar-refractivity contribution in [2.75, 3.05) is 25.0 Å². The molecule has 0 unspecified atom stereocenters. The molecule has 0 spiro atoms. The number of nitrogens with one attached hydrogen (secondary N) is 1. The third kappa shape index (κ3) is 3.14. The minimum absolute atomic E-state index is 0.151. The second kappa shape index (κ2) is 6.57. The van der Waals surface area contributed by atoms with Crippen LogP contribution in [0.4, 0.5) is 10.1 Å². The minimum Gasteiger partial charge on any atom is -0.381 e. The first-order chi connectivity index (χ1) is 9.84. The van der Waals surface area contributed by atoms with E-state index >= 15 is 0 Å². The van der Waals surface area contributed by atoms with Crippen LogP contribution in [0.3, 0.4) is 0 Å². The predicted molar refractivity (Wildman–Crippen MR) is 81.4 cm³/mol. The Hall–Kier alpha value is -1.09. The van der Waals surface area contributed by atoms with Crippen molar-refractivity contribution >= 4 is 5.69 Å². The van der Waals surface area contributed by atoms with E-state index in [1.165, 1.54) is 51.1 Å². The molecule has 110 valence electrons. The molecule has 20 heavy (non-hydrogen) atoms. The lowest BCUT2D eigenvalue weighted by atomic mass is 9.78. The molecule has 3 heteroatoms. The van der Waals surface area contributed by atoms with E-state index in [1.807, 2.05) is 12.1 Å². The Morgan fingerprint density at radius 1 is 1.10 bits per heavy atom. The molecule has 3 rings (SSSR count). The first-order valence-corrected chi connectivity index (χ1v) is 8.07. The molecule has 0 amide bonds. The molecule has 1 aliphatic heterocycles. The molecule has 0 radical (unpaired) electrons. The van der Waals surface area contributed by atoms with Crippen molar-refractivity contribution < 1.29 is 4.39 Å². The number of nitrogens with zero attached hydrogens (tertiary/aromatic N) is 1. The third-order valence-corrected chi connectivity index (χ3v) is 4.95. The lowest BCUT2D eigenvalue weighted by Crippen LogP contribution is -2.48. The number of rotatable bonds is 4. The highest BCUT2D eigenvalue weighted by atomic mass is 19.1. The molecular weight excluding hydrogens is 251 g/mol. The Labute approximate surface area is 121 Å². The molecule has 0 bridgehead atoms. The van der Waals surface area contributed by atoms with Crippen molar-refractivity contribution in [3.05, 3.63) is 30.1 Å². The molecule has 1 aromatic rings. The van der Waals surface area contributed by atoms with E-state index in [0.29, 0.717) is 5.69 Å². The summed E-state index contributed by atoms with van der Waals surface area (Å²) in [6.45, 7) is 3.10. The fraction of sp³-hybridized carbons (Fsp3) is 0.647. The summed E-state index contributed by atoms with van der Waals surface area (Å²) in [7, 11) is 0. The van der Waals surface area contributed by atoms with E-state index in [2.05, 4.69) is 10.2 Å². The molecule has 1 aromatic carbocycles. The van der Waals surface area contributed by atoms with E-state index in [4.69, 9.17) is 0 Å². The van der Waals surface area contributed by atoms with Crippen molar-refractivity contribution in [2.45, 2.75) is 44.6 Å². The number of hydrogen-bond donors (Lipinski definition) is 1. The van der Waals surface area contributed by atoms with E-state index < -0.39 is 0 Å². The number of likely N-dealkylation sites (tertiary alicyclic amines) is 1. The first-order valence-electron chi connectivity index (χ1n) is 8.07. The van der Waals surface area contributed by atoms with Gasteiger partial charge in [0.15, 0.2) is 0 Å². The van der Waals surface area contributed by atoms with Gasteiger partial charge in [-0.05, 0) is 50.3 Å². The van der Waals surface area contributed by atoms with Crippen molar-refractivity contribution in [3.63, 3.8) is 0 Å². The number of benzene rings is 1. The summed E-state index contributed by atoms with van der Waals surface area (Å²) < 4.78 is 13.5. The Bertz CT molecular complexity index is 433. The molecule has 1 saturated heterocycles. The van der Waals surface area contributed by atoms with E-state index in [-0.39, 0.29) is 5.82 Å². The standard InChI is InChI=1S/C17H25FN2/c18-15-8-2-3-9-16(15)19-11-13-20-12-5-7-14-6-1-4-10-17(14)20/h2-3,8-9,14,17,19H,1,4-7,10-13H2/t14-,17-/m1/s1. The van der Waals surface area contributed by atoms with Crippen LogP contribution in [0.1, 0.15) is 38.5 Å². The molecular formula is C17H25FN2. The van der Waals surface area contributed by atoms with Gasteiger partial charge in [0.25, 0.3) is 0 Å². The molecule has 1 saturated carbocycles. The Morgan fingerprint density at radius 2 is 1.90 bits per heavy atom. The van der Waals surface area contributed by atoms with Gasteiger partial charge in [-0.3, -0.25) is 4.90 Å². The highest BCUT2D eigenvalue weighted by molar-refractivity contribution is 5.44. The van der Waals surface area contributed by atoms with Crippen molar-refractivity contribution in [1.82, 2.24) is 4.90 Å². The SMILES string of the molecule is Fc1ccccc1NCCN1CCC[C@H]2CCCC[C@H]21. The maximum Gasteiger partial charge on any atom is 0.146 e. The highest BCUT2D eigenvalue weighted by Gasteiger charge is 2.32. The van der Waals surface area contributed by atoms with E-state index in [1.54, 1.807) is 6.07 Å². The van der Waals surface area contributed by atoms with Crippen molar-refractivity contribution in [3.8, 4) is 0 Å². The monoisotopic (exact) mass is 276 g/mol. The number of anilines is 1. The summed E-state index contributed by atoms with van der Waals surface area (Å²) in [5.74, 6) is 0.771. The van der Waals surface area contributed by atoms with Gasteiger partial charge in [0.2, 0.25) is 0 Å². The van der Waals surface area contributed by atoms with Gasteiger partial charge in [-0.15, -0.1) is 0 Å². The largest absolute Gasteiger partial charge is 0.381 e. The summed E-state index contributed by atoms with van der Waals surface area (Å²) in [6, 6.07) is 7.73. The van der Waals surface area contributed by atoms with Crippen LogP contribution < -0.4 is 5.32 Å². The zero-order chi connectivity index (χ0) is 13.8. The summed E-state index contributed by atoms with van der Waals surface area (Å²) >= 11 is 0. The Morgan fingerprint density at radius 3 is 2.80 bits per heavy atom. The van der Waals surface area contributed by atoms with Crippen LogP contribution in [-0.2, 0) is 0 Å². The third-order valence-electron chi connectivity index (χ3n) is 4.95. The van der Waals surface area contributed by atoms with Gasteiger partial charge in [-0.1, -0.05) is 25.0 Å². The first kappa shape index (κ1) is 13.9. The molecule has 2 fully saturated rings. The maximum absolute atomic E-state index is 13.5. The summed E-state index contributed by atoms with van der Waals surface area (Å²) in [5.41, 5.74) is 0.629. The topological polar surface area (TPSA) is 15.3 Å². The number of para-hydroxylation sites is 1. The number of fused-ring (bicyclic) bond motifs is 1. The molecule has 2 nitrogen and oxygen atoms in total. The average molecular weight is 276 g/mol. The van der Waals surface area contributed by atoms with Crippen LogP contribution in [0.2, 0.25) is 0 Å². The van der Waals surface area contributed by atoms with E-state index in [9.17, 15) is 4.39 Å². The maximum atomic E-state index is 13.5. The second-order valence-corrected chi connectivity index (χ2v) is 6.20. The van der Waals surface area contributed by atoms with Crippen LogP contribution in [0.15, 0.2) is 24.3 Å². The zero-order valence-corrected chi connectivity index (χ0v) is 12.2. The van der Waals surface area contributed by atoms with Crippen molar-refractivity contribution in [1.29, 1.82) is 0 Å². The normalized spacial score (nSPS) is 27.1. The number of piperidine rings is 1. The molecule has 1 heterocycles. The highest BCUT2D eigenvalue weighted by Crippen LogP contribution is 2.34. The fourth-order valence-corrected chi connectivity index (χ4v) is 3.94. The van der Waals surface area contributed by atoms with Crippen LogP contribution in [-0.4, -0.2) is 30.6 Å². The van der Waals surface area contributed by atoms with Crippen molar-refractivity contribution in [2.24, 2.45) is 5.92 Å². The second-order valence-electron chi connectivity index (χ2n) is 6.20. The zero-order valence-electron chi connectivity index (χ0n) is 12.2. The molecule has 2 atom stereocenters. The van der Waals surface area contributed by atoms with E-state index in [0.717, 1.165) is 25.0 Å². The van der Waals surface area contributed by atoms with Crippen LogP contribution in [0.5, 0.6) is 0 Å². The van der Waals surface area contributed by atoms with Gasteiger partial charge in [0.05, 0.1) is 5.69 Å². The Kier molecular flexibility index (Phi) is 4.56. The summed E-state index contributed by atoms with van der Waals surface area (Å²) in [6.07, 6.45) is 8.34. The van der Waals surface area contributed by atoms with Crippen LogP contribution in [0, 0.1) is 11.7 Å². The van der Waals surface area contributed by atoms with Gasteiger partial charge in [0.1, 0.15) is 5.82 Å². The number of hydrogen-bond acceptors (Lipinski definition) is 2. The van der Waals surface area contributed by atoms with Gasteiger partial charge in [-0.25, -0.2) is 4.39 Å². The smallest absolute Gasteiger partial charge is 0.146 e. The molecule has 1 N–H and O–H groups in total. The molecule has 1 aliphatic carbocycles. The summed E-state index contributed by atoms with van der Waals surface area (Å²) in [5, 5.41) is 3.24. The predicted octanol–water partition coefficient (Wildman–Crippen LogP) is 3.89. The average Bonchev–Trinajstić information content (AvgIpc) is 2.49. The van der Waals surface area contributed by atoms with Gasteiger partial charge in [-0.2, -0.15) is 0 Å². The van der Waals surface area contributed by atoms with Crippen LogP contribution in [0.25, 0.3) is 0 Å². The molecule has 2 aliphatic rings. The van der Waals surface area contributed by atoms with Crippen LogP contribution >= 0.6 is 0 Å². The number of halogens is 1. The van der Waals surface area contributed by atoms with Gasteiger partial charge < -0.3 is 5.32 Å². The Balaban J connectivity index is 1.51. The van der Waals surface area contributed by atoms with Gasteiger partial charge >= 0.3 is 0 Å². The summed E-state index contributed by atoms with van der Waals surface area (Å²) in [4.78, 5) is 2.64.